The summed E-state index contributed by atoms with van der Waals surface area (Å²) in [5.74, 6) is -4.24. The summed E-state index contributed by atoms with van der Waals surface area (Å²) < 4.78 is 39.8. The number of hydrogen-bond acceptors (Lipinski definition) is 2. The van der Waals surface area contributed by atoms with E-state index in [1.165, 1.54) is 12.1 Å². The minimum Gasteiger partial charge on any atom is -0.350 e. The highest BCUT2D eigenvalue weighted by molar-refractivity contribution is 6.06. The highest BCUT2D eigenvalue weighted by Crippen LogP contribution is 2.16. The lowest BCUT2D eigenvalue weighted by molar-refractivity contribution is 0.0939. The lowest BCUT2D eigenvalue weighted by atomic mass is 10.1. The molecule has 0 aromatic heterocycles. The normalized spacial score (nSPS) is 10.6. The van der Waals surface area contributed by atoms with Gasteiger partial charge in [0.15, 0.2) is 11.6 Å². The van der Waals surface area contributed by atoms with Crippen molar-refractivity contribution in [3.05, 3.63) is 65.0 Å². The van der Waals surface area contributed by atoms with Crippen molar-refractivity contribution in [2.45, 2.75) is 19.9 Å². The van der Waals surface area contributed by atoms with E-state index in [-0.39, 0.29) is 22.9 Å². The van der Waals surface area contributed by atoms with Gasteiger partial charge >= 0.3 is 0 Å². The van der Waals surface area contributed by atoms with Gasteiger partial charge in [-0.2, -0.15) is 0 Å². The van der Waals surface area contributed by atoms with Gasteiger partial charge in [-0.25, -0.2) is 13.2 Å². The molecule has 0 heterocycles. The molecule has 2 N–H and O–H groups in total. The molecule has 7 heteroatoms. The molecular weight excluding hydrogens is 321 g/mol. The maximum absolute atomic E-state index is 13.8. The molecular formula is C17H15F3N2O2. The van der Waals surface area contributed by atoms with Gasteiger partial charge in [-0.05, 0) is 44.2 Å². The first kappa shape index (κ1) is 17.5. The molecule has 0 atom stereocenters. The lowest BCUT2D eigenvalue weighted by Crippen LogP contribution is -2.31. The molecule has 0 aliphatic rings. The van der Waals surface area contributed by atoms with Crippen LogP contribution in [0.1, 0.15) is 34.6 Å². The average Bonchev–Trinajstić information content (AvgIpc) is 2.50. The average molecular weight is 336 g/mol. The Bertz CT molecular complexity index is 791. The number of amides is 2. The molecule has 2 amide bonds. The Morgan fingerprint density at radius 1 is 0.875 bits per heavy atom. The van der Waals surface area contributed by atoms with Gasteiger partial charge in [-0.1, -0.05) is 0 Å². The van der Waals surface area contributed by atoms with Gasteiger partial charge in [0.2, 0.25) is 0 Å². The predicted octanol–water partition coefficient (Wildman–Crippen LogP) is 3.49. The fourth-order valence-corrected chi connectivity index (χ4v) is 1.96. The minimum atomic E-state index is -1.11. The molecule has 0 aliphatic heterocycles. The van der Waals surface area contributed by atoms with Gasteiger partial charge in [0.1, 0.15) is 5.82 Å². The quantitative estimate of drug-likeness (QED) is 0.898. The summed E-state index contributed by atoms with van der Waals surface area (Å²) in [5, 5.41) is 4.88. The third kappa shape index (κ3) is 4.13. The molecule has 0 saturated heterocycles. The summed E-state index contributed by atoms with van der Waals surface area (Å²) in [6.07, 6.45) is 0. The second-order valence-electron chi connectivity index (χ2n) is 5.41. The van der Waals surface area contributed by atoms with E-state index in [0.29, 0.717) is 0 Å². The smallest absolute Gasteiger partial charge is 0.255 e. The van der Waals surface area contributed by atoms with E-state index < -0.39 is 29.3 Å². The molecule has 0 bridgehead atoms. The Hall–Kier alpha value is -2.83. The second-order valence-corrected chi connectivity index (χ2v) is 5.41. The molecule has 0 spiro atoms. The Morgan fingerprint density at radius 3 is 2.17 bits per heavy atom. The van der Waals surface area contributed by atoms with Crippen LogP contribution in [-0.4, -0.2) is 17.9 Å². The SMILES string of the molecule is CC(C)NC(=O)c1cc(C(=O)Nc2ccc(F)c(F)c2)ccc1F. The van der Waals surface area contributed by atoms with E-state index in [0.717, 1.165) is 24.3 Å². The topological polar surface area (TPSA) is 58.2 Å². The lowest BCUT2D eigenvalue weighted by Gasteiger charge is -2.11. The van der Waals surface area contributed by atoms with Crippen molar-refractivity contribution in [3.63, 3.8) is 0 Å². The Balaban J connectivity index is 2.23. The standard InChI is InChI=1S/C17H15F3N2O2/c1-9(2)21-17(24)12-7-10(3-5-13(12)18)16(23)22-11-4-6-14(19)15(20)8-11/h3-9H,1-2H3,(H,21,24)(H,22,23). The number of benzene rings is 2. The van der Waals surface area contributed by atoms with E-state index in [2.05, 4.69) is 10.6 Å². The zero-order valence-corrected chi connectivity index (χ0v) is 13.0. The highest BCUT2D eigenvalue weighted by atomic mass is 19.2. The molecule has 0 unspecified atom stereocenters. The van der Waals surface area contributed by atoms with Crippen LogP contribution in [0.3, 0.4) is 0 Å². The van der Waals surface area contributed by atoms with E-state index in [1.54, 1.807) is 13.8 Å². The third-order valence-electron chi connectivity index (χ3n) is 3.07. The number of rotatable bonds is 4. The van der Waals surface area contributed by atoms with Crippen molar-refractivity contribution in [3.8, 4) is 0 Å². The molecule has 24 heavy (non-hydrogen) atoms. The summed E-state index contributed by atoms with van der Waals surface area (Å²) in [4.78, 5) is 24.1. The van der Waals surface area contributed by atoms with Crippen molar-refractivity contribution in [2.75, 3.05) is 5.32 Å². The first-order valence-electron chi connectivity index (χ1n) is 7.14. The molecule has 0 fully saturated rings. The second kappa shape index (κ2) is 7.16. The maximum atomic E-state index is 13.8. The van der Waals surface area contributed by atoms with E-state index >= 15 is 0 Å². The number of anilines is 1. The van der Waals surface area contributed by atoms with E-state index in [4.69, 9.17) is 0 Å². The molecule has 2 aromatic carbocycles. The van der Waals surface area contributed by atoms with Crippen molar-refractivity contribution in [2.24, 2.45) is 0 Å². The van der Waals surface area contributed by atoms with Crippen LogP contribution in [0.5, 0.6) is 0 Å². The van der Waals surface area contributed by atoms with Crippen LogP contribution < -0.4 is 10.6 Å². The van der Waals surface area contributed by atoms with Gasteiger partial charge in [-0.15, -0.1) is 0 Å². The fourth-order valence-electron chi connectivity index (χ4n) is 1.96. The van der Waals surface area contributed by atoms with Gasteiger partial charge in [0.05, 0.1) is 5.56 Å². The van der Waals surface area contributed by atoms with E-state index in [9.17, 15) is 22.8 Å². The van der Waals surface area contributed by atoms with Crippen molar-refractivity contribution in [1.82, 2.24) is 5.32 Å². The molecule has 0 aliphatic carbocycles. The van der Waals surface area contributed by atoms with Crippen LogP contribution in [0, 0.1) is 17.5 Å². The van der Waals surface area contributed by atoms with Crippen molar-refractivity contribution in [1.29, 1.82) is 0 Å². The summed E-state index contributed by atoms with van der Waals surface area (Å²) in [6.45, 7) is 3.44. The van der Waals surface area contributed by atoms with Crippen LogP contribution in [0.2, 0.25) is 0 Å². The zero-order chi connectivity index (χ0) is 17.9. The predicted molar refractivity (Wildman–Crippen MR) is 83.3 cm³/mol. The Morgan fingerprint density at radius 2 is 1.54 bits per heavy atom. The zero-order valence-electron chi connectivity index (χ0n) is 13.0. The number of carbonyl (C=O) groups excluding carboxylic acids is 2. The number of carbonyl (C=O) groups is 2. The molecule has 4 nitrogen and oxygen atoms in total. The molecule has 0 saturated carbocycles. The van der Waals surface area contributed by atoms with Crippen LogP contribution in [0.15, 0.2) is 36.4 Å². The summed E-state index contributed by atoms with van der Waals surface area (Å²) >= 11 is 0. The summed E-state index contributed by atoms with van der Waals surface area (Å²) in [7, 11) is 0. The third-order valence-corrected chi connectivity index (χ3v) is 3.07. The molecule has 0 radical (unpaired) electrons. The van der Waals surface area contributed by atoms with Gasteiger partial charge in [-0.3, -0.25) is 9.59 Å². The number of hydrogen-bond donors (Lipinski definition) is 2. The van der Waals surface area contributed by atoms with Crippen LogP contribution >= 0.6 is 0 Å². The van der Waals surface area contributed by atoms with Crippen LogP contribution in [-0.2, 0) is 0 Å². The Kier molecular flexibility index (Phi) is 5.23. The highest BCUT2D eigenvalue weighted by Gasteiger charge is 2.16. The van der Waals surface area contributed by atoms with E-state index in [1.807, 2.05) is 0 Å². The number of halogens is 3. The van der Waals surface area contributed by atoms with Crippen LogP contribution in [0.4, 0.5) is 18.9 Å². The first-order valence-corrected chi connectivity index (χ1v) is 7.14. The van der Waals surface area contributed by atoms with Gasteiger partial charge in [0, 0.05) is 23.4 Å². The maximum Gasteiger partial charge on any atom is 0.255 e. The summed E-state index contributed by atoms with van der Waals surface area (Å²) in [5.41, 5.74) is -0.229. The Labute approximate surface area is 136 Å². The monoisotopic (exact) mass is 336 g/mol. The molecule has 126 valence electrons. The molecule has 2 rings (SSSR count). The van der Waals surface area contributed by atoms with Crippen molar-refractivity contribution >= 4 is 17.5 Å². The van der Waals surface area contributed by atoms with Crippen LogP contribution in [0.25, 0.3) is 0 Å². The summed E-state index contributed by atoms with van der Waals surface area (Å²) in [6, 6.07) is 5.97. The molecule has 2 aromatic rings. The van der Waals surface area contributed by atoms with Crippen molar-refractivity contribution < 1.29 is 22.8 Å². The minimum absolute atomic E-state index is 0.00930. The first-order chi connectivity index (χ1) is 11.3. The number of nitrogens with one attached hydrogen (secondary N) is 2. The van der Waals surface area contributed by atoms with Gasteiger partial charge < -0.3 is 10.6 Å². The largest absolute Gasteiger partial charge is 0.350 e. The van der Waals surface area contributed by atoms with Gasteiger partial charge in [0.25, 0.3) is 11.8 Å². The fraction of sp³-hybridized carbons (Fsp3) is 0.176.